The largest absolute Gasteiger partial charge is 1.00 e. The first-order chi connectivity index (χ1) is 7.90. The van der Waals surface area contributed by atoms with Crippen LogP contribution in [0.25, 0.3) is 0 Å². The fourth-order valence-electron chi connectivity index (χ4n) is 1.86. The minimum atomic E-state index is -4.11. The second-order valence-corrected chi connectivity index (χ2v) is 5.99. The monoisotopic (exact) mass is 288 g/mol. The molecule has 0 aromatic heterocycles. The van der Waals surface area contributed by atoms with E-state index >= 15 is 0 Å². The van der Waals surface area contributed by atoms with E-state index in [1.165, 1.54) is 0 Å². The van der Waals surface area contributed by atoms with Crippen LogP contribution in [-0.4, -0.2) is 79.0 Å². The number of aliphatic hydroxyl groups excluding tert-OH is 1. The molecule has 0 saturated carbocycles. The fourth-order valence-corrected chi connectivity index (χ4v) is 2.35. The zero-order valence-corrected chi connectivity index (χ0v) is 14.0. The SMILES string of the molecule is CCC(O)CN1CCN(CCS(=O)(=O)[O-])CC1.[Na+]. The van der Waals surface area contributed by atoms with E-state index in [1.54, 1.807) is 0 Å². The third kappa shape index (κ3) is 8.06. The van der Waals surface area contributed by atoms with E-state index in [4.69, 9.17) is 0 Å². The first-order valence-corrected chi connectivity index (χ1v) is 7.55. The molecule has 6 nitrogen and oxygen atoms in total. The van der Waals surface area contributed by atoms with Gasteiger partial charge in [0.05, 0.1) is 22.0 Å². The average Bonchev–Trinajstić information content (AvgIpc) is 2.27. The van der Waals surface area contributed by atoms with E-state index in [-0.39, 0.29) is 41.4 Å². The number of hydrogen-bond acceptors (Lipinski definition) is 6. The maximum absolute atomic E-state index is 10.5. The van der Waals surface area contributed by atoms with Crippen molar-refractivity contribution < 1.29 is 47.6 Å². The smallest absolute Gasteiger partial charge is 0.748 e. The summed E-state index contributed by atoms with van der Waals surface area (Å²) in [4.78, 5) is 4.14. The van der Waals surface area contributed by atoms with Gasteiger partial charge in [-0.05, 0) is 6.42 Å². The Morgan fingerprint density at radius 2 is 1.72 bits per heavy atom. The van der Waals surface area contributed by atoms with Crippen molar-refractivity contribution in [2.75, 3.05) is 45.0 Å². The van der Waals surface area contributed by atoms with Crippen LogP contribution in [0.2, 0.25) is 0 Å². The Morgan fingerprint density at radius 3 is 2.17 bits per heavy atom. The van der Waals surface area contributed by atoms with Gasteiger partial charge in [0.25, 0.3) is 0 Å². The normalized spacial score (nSPS) is 20.4. The van der Waals surface area contributed by atoms with Crippen molar-refractivity contribution in [3.63, 3.8) is 0 Å². The first-order valence-electron chi connectivity index (χ1n) is 5.97. The van der Waals surface area contributed by atoms with Crippen LogP contribution in [0, 0.1) is 0 Å². The van der Waals surface area contributed by atoms with Crippen LogP contribution in [0.4, 0.5) is 0 Å². The van der Waals surface area contributed by atoms with Gasteiger partial charge in [0.15, 0.2) is 0 Å². The molecular weight excluding hydrogens is 267 g/mol. The molecule has 18 heavy (non-hydrogen) atoms. The van der Waals surface area contributed by atoms with Crippen molar-refractivity contribution in [1.29, 1.82) is 0 Å². The summed E-state index contributed by atoms with van der Waals surface area (Å²) in [5.41, 5.74) is 0. The zero-order valence-electron chi connectivity index (χ0n) is 11.2. The molecular formula is C10H21N2NaO4S. The van der Waals surface area contributed by atoms with E-state index in [0.29, 0.717) is 13.1 Å². The van der Waals surface area contributed by atoms with Gasteiger partial charge >= 0.3 is 29.6 Å². The van der Waals surface area contributed by atoms with Crippen LogP contribution in [0.1, 0.15) is 13.3 Å². The second kappa shape index (κ2) is 8.86. The van der Waals surface area contributed by atoms with Gasteiger partial charge in [-0.25, -0.2) is 8.42 Å². The van der Waals surface area contributed by atoms with Crippen LogP contribution in [0.3, 0.4) is 0 Å². The van der Waals surface area contributed by atoms with E-state index in [9.17, 15) is 18.1 Å². The van der Waals surface area contributed by atoms with Gasteiger partial charge in [-0.15, -0.1) is 0 Å². The van der Waals surface area contributed by atoms with E-state index < -0.39 is 10.1 Å². The molecule has 1 atom stereocenters. The van der Waals surface area contributed by atoms with Gasteiger partial charge in [-0.1, -0.05) is 6.92 Å². The van der Waals surface area contributed by atoms with Crippen LogP contribution in [0.15, 0.2) is 0 Å². The van der Waals surface area contributed by atoms with E-state index in [0.717, 1.165) is 32.6 Å². The van der Waals surface area contributed by atoms with Gasteiger partial charge < -0.3 is 9.66 Å². The number of nitrogens with zero attached hydrogens (tertiary/aromatic N) is 2. The molecule has 1 fully saturated rings. The van der Waals surface area contributed by atoms with Crippen LogP contribution < -0.4 is 29.6 Å². The number of rotatable bonds is 6. The summed E-state index contributed by atoms with van der Waals surface area (Å²) >= 11 is 0. The number of hydrogen-bond donors (Lipinski definition) is 1. The summed E-state index contributed by atoms with van der Waals surface area (Å²) in [5, 5.41) is 9.51. The minimum Gasteiger partial charge on any atom is -0.748 e. The molecule has 1 aliphatic heterocycles. The van der Waals surface area contributed by atoms with Gasteiger partial charge in [0.2, 0.25) is 0 Å². The van der Waals surface area contributed by atoms with Gasteiger partial charge in [0.1, 0.15) is 0 Å². The summed E-state index contributed by atoms with van der Waals surface area (Å²) in [6, 6.07) is 0. The molecule has 1 N–H and O–H groups in total. The van der Waals surface area contributed by atoms with E-state index in [2.05, 4.69) is 4.90 Å². The topological polar surface area (TPSA) is 83.9 Å². The predicted molar refractivity (Wildman–Crippen MR) is 63.7 cm³/mol. The molecule has 0 radical (unpaired) electrons. The molecule has 8 heteroatoms. The maximum Gasteiger partial charge on any atom is 1.00 e. The molecule has 0 aromatic carbocycles. The first kappa shape index (κ1) is 18.8. The molecule has 1 rings (SSSR count). The van der Waals surface area contributed by atoms with Crippen LogP contribution in [0.5, 0.6) is 0 Å². The Bertz CT molecular complexity index is 318. The molecule has 0 amide bonds. The Morgan fingerprint density at radius 1 is 1.22 bits per heavy atom. The minimum absolute atomic E-state index is 0. The Balaban J connectivity index is 0.00000289. The summed E-state index contributed by atoms with van der Waals surface area (Å²) in [5.74, 6) is -0.315. The summed E-state index contributed by atoms with van der Waals surface area (Å²) in [7, 11) is -4.11. The number of β-amino-alcohol motifs (C(OH)–C–C–N with tert-alkyl or cyclic N) is 1. The van der Waals surface area contributed by atoms with Crippen molar-refractivity contribution >= 4 is 10.1 Å². The molecule has 1 unspecified atom stereocenters. The van der Waals surface area contributed by atoms with Crippen molar-refractivity contribution in [2.24, 2.45) is 0 Å². The van der Waals surface area contributed by atoms with Crippen LogP contribution in [-0.2, 0) is 10.1 Å². The van der Waals surface area contributed by atoms with Crippen molar-refractivity contribution in [2.45, 2.75) is 19.4 Å². The Kier molecular flexibility index (Phi) is 9.25. The number of piperazine rings is 1. The molecule has 0 spiro atoms. The third-order valence-corrected chi connectivity index (χ3v) is 3.75. The van der Waals surface area contributed by atoms with Gasteiger partial charge in [-0.3, -0.25) is 9.80 Å². The molecule has 0 aromatic rings. The van der Waals surface area contributed by atoms with Gasteiger partial charge in [0, 0.05) is 39.3 Å². The molecule has 0 bridgehead atoms. The van der Waals surface area contributed by atoms with E-state index in [1.807, 2.05) is 11.8 Å². The maximum atomic E-state index is 10.5. The standard InChI is InChI=1S/C10H22N2O4S.Na/c1-2-10(13)9-12-5-3-11(4-6-12)7-8-17(14,15)16;/h10,13H,2-9H2,1H3,(H,14,15,16);/q;+1/p-1. The van der Waals surface area contributed by atoms with Gasteiger partial charge in [-0.2, -0.15) is 0 Å². The zero-order chi connectivity index (χ0) is 12.9. The summed E-state index contributed by atoms with van der Waals surface area (Å²) in [6.07, 6.45) is 0.456. The fraction of sp³-hybridized carbons (Fsp3) is 1.00. The Labute approximate surface area is 131 Å². The molecule has 102 valence electrons. The third-order valence-electron chi connectivity index (χ3n) is 3.06. The Hall–Kier alpha value is 0.790. The summed E-state index contributed by atoms with van der Waals surface area (Å²) < 4.78 is 31.5. The van der Waals surface area contributed by atoms with Crippen LogP contribution >= 0.6 is 0 Å². The van der Waals surface area contributed by atoms with Crippen molar-refractivity contribution in [3.05, 3.63) is 0 Å². The quantitative estimate of drug-likeness (QED) is 0.395. The number of aliphatic hydroxyl groups is 1. The second-order valence-electron chi connectivity index (χ2n) is 4.47. The van der Waals surface area contributed by atoms with Crippen molar-refractivity contribution in [3.8, 4) is 0 Å². The molecule has 1 saturated heterocycles. The predicted octanol–water partition coefficient (Wildman–Crippen LogP) is -4.08. The molecule has 1 heterocycles. The molecule has 0 aliphatic carbocycles. The van der Waals surface area contributed by atoms with Crippen molar-refractivity contribution in [1.82, 2.24) is 9.80 Å². The summed E-state index contributed by atoms with van der Waals surface area (Å²) in [6.45, 7) is 6.07. The average molecular weight is 288 g/mol. The molecule has 1 aliphatic rings.